The fourth-order valence-corrected chi connectivity index (χ4v) is 5.84. The minimum absolute atomic E-state index is 0.0234. The summed E-state index contributed by atoms with van der Waals surface area (Å²) in [5.74, 6) is -0.433. The average Bonchev–Trinajstić information content (AvgIpc) is 3.08. The zero-order valence-corrected chi connectivity index (χ0v) is 19.2. The highest BCUT2D eigenvalue weighted by molar-refractivity contribution is 7.89. The van der Waals surface area contributed by atoms with E-state index in [2.05, 4.69) is 0 Å². The van der Waals surface area contributed by atoms with Crippen LogP contribution in [0.3, 0.4) is 0 Å². The second-order valence-electron chi connectivity index (χ2n) is 8.39. The first kappa shape index (κ1) is 23.7. The number of esters is 1. The van der Waals surface area contributed by atoms with Gasteiger partial charge in [0.2, 0.25) is 15.9 Å². The third kappa shape index (κ3) is 6.29. The van der Waals surface area contributed by atoms with E-state index in [-0.39, 0.29) is 17.8 Å². The Labute approximate surface area is 185 Å². The van der Waals surface area contributed by atoms with E-state index in [1.165, 1.54) is 0 Å². The second kappa shape index (κ2) is 11.1. The maximum atomic E-state index is 12.9. The summed E-state index contributed by atoms with van der Waals surface area (Å²) in [7, 11) is -3.46. The molecule has 0 aliphatic carbocycles. The van der Waals surface area contributed by atoms with Gasteiger partial charge in [0.25, 0.3) is 0 Å². The molecule has 0 saturated carbocycles. The van der Waals surface area contributed by atoms with Gasteiger partial charge in [-0.3, -0.25) is 9.59 Å². The van der Waals surface area contributed by atoms with Gasteiger partial charge in [-0.15, -0.1) is 0 Å². The van der Waals surface area contributed by atoms with Gasteiger partial charge in [-0.05, 0) is 56.7 Å². The van der Waals surface area contributed by atoms with Crippen molar-refractivity contribution in [3.8, 4) is 0 Å². The zero-order chi connectivity index (χ0) is 22.3. The van der Waals surface area contributed by atoms with Crippen LogP contribution in [0.5, 0.6) is 0 Å². The van der Waals surface area contributed by atoms with E-state index in [1.54, 1.807) is 40.4 Å². The lowest BCUT2D eigenvalue weighted by Crippen LogP contribution is -2.42. The van der Waals surface area contributed by atoms with E-state index >= 15 is 0 Å². The van der Waals surface area contributed by atoms with Gasteiger partial charge >= 0.3 is 5.97 Å². The topological polar surface area (TPSA) is 84.0 Å². The standard InChI is InChI=1S/C23H34N2O5S/c1-2-30-23(27)20-8-7-15-24(18-20)22(26)14-11-19-9-12-21(13-10-19)31(28,29)25-16-5-3-4-6-17-25/h9-10,12-13,20H,2-8,11,14-18H2,1H3. The highest BCUT2D eigenvalue weighted by atomic mass is 32.2. The Bertz CT molecular complexity index is 845. The second-order valence-corrected chi connectivity index (χ2v) is 10.3. The molecule has 2 heterocycles. The van der Waals surface area contributed by atoms with Crippen molar-refractivity contribution in [2.24, 2.45) is 5.92 Å². The minimum Gasteiger partial charge on any atom is -0.466 e. The molecule has 0 aromatic heterocycles. The first-order chi connectivity index (χ1) is 14.9. The van der Waals surface area contributed by atoms with E-state index in [4.69, 9.17) is 4.74 Å². The van der Waals surface area contributed by atoms with Gasteiger partial charge in [0.05, 0.1) is 17.4 Å². The summed E-state index contributed by atoms with van der Waals surface area (Å²) < 4.78 is 32.5. The number of aryl methyl sites for hydroxylation is 1. The lowest BCUT2D eigenvalue weighted by Gasteiger charge is -2.31. The number of amides is 1. The van der Waals surface area contributed by atoms with E-state index in [9.17, 15) is 18.0 Å². The highest BCUT2D eigenvalue weighted by Crippen LogP contribution is 2.22. The summed E-state index contributed by atoms with van der Waals surface area (Å²) in [5.41, 5.74) is 0.933. The molecule has 1 aromatic rings. The molecular weight excluding hydrogens is 416 g/mol. The highest BCUT2D eigenvalue weighted by Gasteiger charge is 2.29. The van der Waals surface area contributed by atoms with Crippen molar-refractivity contribution < 1.29 is 22.7 Å². The number of rotatable bonds is 7. The number of hydrogen-bond donors (Lipinski definition) is 0. The maximum absolute atomic E-state index is 12.9. The lowest BCUT2D eigenvalue weighted by molar-refractivity contribution is -0.151. The average molecular weight is 451 g/mol. The molecule has 2 saturated heterocycles. The van der Waals surface area contributed by atoms with Crippen LogP contribution < -0.4 is 0 Å². The fourth-order valence-electron chi connectivity index (χ4n) is 4.32. The van der Waals surface area contributed by atoms with Gasteiger partial charge in [-0.25, -0.2) is 8.42 Å². The third-order valence-corrected chi connectivity index (χ3v) is 8.06. The molecule has 1 unspecified atom stereocenters. The Balaban J connectivity index is 1.54. The molecule has 7 nitrogen and oxygen atoms in total. The fraction of sp³-hybridized carbons (Fsp3) is 0.652. The van der Waals surface area contributed by atoms with Crippen LogP contribution in [0, 0.1) is 5.92 Å². The number of carbonyl (C=O) groups is 2. The molecular formula is C23H34N2O5S. The summed E-state index contributed by atoms with van der Waals surface area (Å²) in [6.07, 6.45) is 6.43. The number of hydrogen-bond acceptors (Lipinski definition) is 5. The molecule has 0 spiro atoms. The van der Waals surface area contributed by atoms with Crippen LogP contribution in [0.4, 0.5) is 0 Å². The number of piperidine rings is 1. The van der Waals surface area contributed by atoms with Gasteiger partial charge in [0, 0.05) is 32.6 Å². The van der Waals surface area contributed by atoms with E-state index in [0.717, 1.165) is 44.1 Å². The van der Waals surface area contributed by atoms with Crippen LogP contribution in [0.15, 0.2) is 29.2 Å². The molecule has 1 atom stereocenters. The summed E-state index contributed by atoms with van der Waals surface area (Å²) in [4.78, 5) is 26.7. The van der Waals surface area contributed by atoms with Crippen molar-refractivity contribution in [3.05, 3.63) is 29.8 Å². The van der Waals surface area contributed by atoms with Crippen LogP contribution in [0.2, 0.25) is 0 Å². The molecule has 1 amide bonds. The number of sulfonamides is 1. The monoisotopic (exact) mass is 450 g/mol. The molecule has 0 bridgehead atoms. The van der Waals surface area contributed by atoms with Crippen molar-refractivity contribution in [1.82, 2.24) is 9.21 Å². The molecule has 172 valence electrons. The summed E-state index contributed by atoms with van der Waals surface area (Å²) in [6, 6.07) is 6.90. The Hall–Kier alpha value is -1.93. The number of nitrogens with zero attached hydrogens (tertiary/aromatic N) is 2. The van der Waals surface area contributed by atoms with Crippen molar-refractivity contribution in [1.29, 1.82) is 0 Å². The Morgan fingerprint density at radius 2 is 1.68 bits per heavy atom. The Morgan fingerprint density at radius 1 is 1.00 bits per heavy atom. The van der Waals surface area contributed by atoms with Crippen molar-refractivity contribution in [3.63, 3.8) is 0 Å². The van der Waals surface area contributed by atoms with Crippen LogP contribution in [0.25, 0.3) is 0 Å². The predicted molar refractivity (Wildman–Crippen MR) is 118 cm³/mol. The molecule has 8 heteroatoms. The Kier molecular flexibility index (Phi) is 8.49. The minimum atomic E-state index is -3.46. The largest absolute Gasteiger partial charge is 0.466 e. The molecule has 0 N–H and O–H groups in total. The summed E-state index contributed by atoms with van der Waals surface area (Å²) >= 11 is 0. The van der Waals surface area contributed by atoms with Crippen molar-refractivity contribution in [2.45, 2.75) is 63.2 Å². The van der Waals surface area contributed by atoms with Crippen molar-refractivity contribution >= 4 is 21.9 Å². The Morgan fingerprint density at radius 3 is 2.32 bits per heavy atom. The van der Waals surface area contributed by atoms with Gasteiger partial charge in [-0.2, -0.15) is 4.31 Å². The number of ether oxygens (including phenoxy) is 1. The third-order valence-electron chi connectivity index (χ3n) is 6.15. The molecule has 31 heavy (non-hydrogen) atoms. The lowest BCUT2D eigenvalue weighted by atomic mass is 9.97. The van der Waals surface area contributed by atoms with Crippen LogP contribution in [-0.4, -0.2) is 62.3 Å². The van der Waals surface area contributed by atoms with Crippen LogP contribution in [0.1, 0.15) is 57.4 Å². The molecule has 2 fully saturated rings. The molecule has 3 rings (SSSR count). The SMILES string of the molecule is CCOC(=O)C1CCCN(C(=O)CCc2ccc(S(=O)(=O)N3CCCCCC3)cc2)C1. The summed E-state index contributed by atoms with van der Waals surface area (Å²) in [5, 5.41) is 0. The van der Waals surface area contributed by atoms with Gasteiger partial charge < -0.3 is 9.64 Å². The van der Waals surface area contributed by atoms with Gasteiger partial charge in [0.1, 0.15) is 0 Å². The molecule has 1 aromatic carbocycles. The zero-order valence-electron chi connectivity index (χ0n) is 18.4. The van der Waals surface area contributed by atoms with Crippen LogP contribution in [-0.2, 0) is 30.8 Å². The van der Waals surface area contributed by atoms with Gasteiger partial charge in [-0.1, -0.05) is 25.0 Å². The van der Waals surface area contributed by atoms with E-state index < -0.39 is 10.0 Å². The van der Waals surface area contributed by atoms with Crippen LogP contribution >= 0.6 is 0 Å². The predicted octanol–water partition coefficient (Wildman–Crippen LogP) is 2.99. The summed E-state index contributed by atoms with van der Waals surface area (Å²) in [6.45, 7) is 4.40. The van der Waals surface area contributed by atoms with E-state index in [1.807, 2.05) is 0 Å². The first-order valence-electron chi connectivity index (χ1n) is 11.5. The van der Waals surface area contributed by atoms with Gasteiger partial charge in [0.15, 0.2) is 0 Å². The normalized spacial score (nSPS) is 20.8. The molecule has 0 radical (unpaired) electrons. The quantitative estimate of drug-likeness (QED) is 0.597. The molecule has 2 aliphatic rings. The number of benzene rings is 1. The number of carbonyl (C=O) groups excluding carboxylic acids is 2. The van der Waals surface area contributed by atoms with E-state index in [0.29, 0.717) is 50.5 Å². The first-order valence-corrected chi connectivity index (χ1v) is 12.9. The smallest absolute Gasteiger partial charge is 0.310 e. The van der Waals surface area contributed by atoms with Crippen molar-refractivity contribution in [2.75, 3.05) is 32.8 Å². The maximum Gasteiger partial charge on any atom is 0.310 e. The molecule has 2 aliphatic heterocycles. The number of likely N-dealkylation sites (tertiary alicyclic amines) is 1.